The Bertz CT molecular complexity index is 4970. The second-order valence-corrected chi connectivity index (χ2v) is 37.9. The smallest absolute Gasteiger partial charge is 0.338 e. The number of hydrogen-bond acceptors (Lipinski definition) is 19. The first-order valence-corrected chi connectivity index (χ1v) is 45.9. The Morgan fingerprint density at radius 2 is 0.640 bits per heavy atom. The predicted molar refractivity (Wildman–Crippen MR) is 481 cm³/mol. The highest BCUT2D eigenvalue weighted by Crippen LogP contribution is 2.44. The van der Waals surface area contributed by atoms with Crippen molar-refractivity contribution >= 4 is 14.3 Å². The molecule has 0 unspecified atom stereocenters. The summed E-state index contributed by atoms with van der Waals surface area (Å²) in [6, 6.07) is 102. The lowest BCUT2D eigenvalue weighted by Gasteiger charge is -2.53. The number of methoxy groups -OCH3 is 2. The molecule has 1 aliphatic carbocycles. The number of carbonyl (C=O) groups is 1. The van der Waals surface area contributed by atoms with Crippen molar-refractivity contribution in [1.29, 1.82) is 0 Å². The van der Waals surface area contributed by atoms with Crippen LogP contribution in [0, 0.1) is 0 Å². The lowest BCUT2D eigenvalue weighted by Crippen LogP contribution is -2.71. The third kappa shape index (κ3) is 25.2. The van der Waals surface area contributed by atoms with E-state index in [0.29, 0.717) is 11.5 Å². The van der Waals surface area contributed by atoms with Crippen molar-refractivity contribution in [2.45, 2.75) is 196 Å². The van der Waals surface area contributed by atoms with Gasteiger partial charge in [-0.2, -0.15) is 0 Å². The molecule has 0 N–H and O–H groups in total. The molecule has 2 heterocycles. The van der Waals surface area contributed by atoms with E-state index < -0.39 is 112 Å². The van der Waals surface area contributed by atoms with Gasteiger partial charge in [0.15, 0.2) is 38.5 Å². The molecule has 0 aromatic heterocycles. The molecular formula is C105H116O19Si. The maximum Gasteiger partial charge on any atom is 0.338 e. The largest absolute Gasteiger partial charge is 0.493 e. The van der Waals surface area contributed by atoms with E-state index in [1.54, 1.807) is 44.6 Å². The highest BCUT2D eigenvalue weighted by Gasteiger charge is 2.61. The van der Waals surface area contributed by atoms with Gasteiger partial charge in [-0.3, -0.25) is 0 Å². The van der Waals surface area contributed by atoms with Crippen LogP contribution in [0.2, 0.25) is 18.1 Å². The van der Waals surface area contributed by atoms with Crippen LogP contribution in [0.1, 0.15) is 81.2 Å². The van der Waals surface area contributed by atoms with Gasteiger partial charge >= 0.3 is 5.97 Å². The van der Waals surface area contributed by atoms with Crippen LogP contribution in [0.25, 0.3) is 11.1 Å². The minimum absolute atomic E-state index is 0.00548. The fourth-order valence-electron chi connectivity index (χ4n) is 15.5. The van der Waals surface area contributed by atoms with Crippen molar-refractivity contribution in [2.24, 2.45) is 0 Å². The van der Waals surface area contributed by atoms with E-state index in [0.717, 1.165) is 61.2 Å². The van der Waals surface area contributed by atoms with Crippen LogP contribution in [0.3, 0.4) is 0 Å². The first-order valence-electron chi connectivity index (χ1n) is 43.0. The zero-order valence-electron chi connectivity index (χ0n) is 72.3. The van der Waals surface area contributed by atoms with Crippen LogP contribution in [-0.2, 0) is 135 Å². The fraction of sp³-hybridized carbons (Fsp3) is 0.343. The molecule has 2 saturated heterocycles. The summed E-state index contributed by atoms with van der Waals surface area (Å²) in [5.74, 6) is 0.514. The zero-order valence-corrected chi connectivity index (χ0v) is 73.3. The topological polar surface area (TPSA) is 183 Å². The summed E-state index contributed by atoms with van der Waals surface area (Å²) < 4.78 is 132. The molecule has 14 rings (SSSR count). The van der Waals surface area contributed by atoms with Crippen molar-refractivity contribution in [2.75, 3.05) is 34.0 Å². The van der Waals surface area contributed by atoms with Crippen molar-refractivity contribution in [3.8, 4) is 22.6 Å². The van der Waals surface area contributed by atoms with Gasteiger partial charge in [0, 0.05) is 0 Å². The molecule has 19 nitrogen and oxygen atoms in total. The number of benzene rings is 11. The first-order chi connectivity index (χ1) is 61.1. The van der Waals surface area contributed by atoms with Crippen LogP contribution in [-0.4, -0.2) is 146 Å². The molecule has 3 aliphatic rings. The van der Waals surface area contributed by atoms with Gasteiger partial charge in [-0.1, -0.05) is 318 Å². The van der Waals surface area contributed by atoms with Crippen molar-refractivity contribution in [3.05, 3.63) is 384 Å². The van der Waals surface area contributed by atoms with Gasteiger partial charge in [0.1, 0.15) is 79.4 Å². The summed E-state index contributed by atoms with van der Waals surface area (Å²) >= 11 is 0. The molecule has 0 spiro atoms. The third-order valence-corrected chi connectivity index (χ3v) is 27.8. The fourth-order valence-corrected chi connectivity index (χ4v) is 16.5. The van der Waals surface area contributed by atoms with Crippen LogP contribution < -0.4 is 9.47 Å². The summed E-state index contributed by atoms with van der Waals surface area (Å²) in [4.78, 5) is 15.6. The number of carbonyl (C=O) groups excluding carboxylic acids is 1. The molecule has 125 heavy (non-hydrogen) atoms. The van der Waals surface area contributed by atoms with Crippen molar-refractivity contribution in [3.63, 3.8) is 0 Å². The molecule has 0 amide bonds. The second-order valence-electron chi connectivity index (χ2n) is 33.1. The molecule has 3 fully saturated rings. The molecule has 0 bridgehead atoms. The molecule has 1 saturated carbocycles. The minimum Gasteiger partial charge on any atom is -0.493 e. The van der Waals surface area contributed by atoms with E-state index in [2.05, 4.69) is 40.4 Å². The molecule has 11 aromatic rings. The average Bonchev–Trinajstić information content (AvgIpc) is 0.796. The van der Waals surface area contributed by atoms with Crippen LogP contribution in [0.15, 0.2) is 328 Å². The lowest BCUT2D eigenvalue weighted by molar-refractivity contribution is -0.380. The van der Waals surface area contributed by atoms with Crippen LogP contribution in [0.5, 0.6) is 11.5 Å². The van der Waals surface area contributed by atoms with E-state index in [1.807, 2.05) is 291 Å². The van der Waals surface area contributed by atoms with Crippen molar-refractivity contribution < 1.29 is 89.7 Å². The van der Waals surface area contributed by atoms with E-state index in [9.17, 15) is 0 Å². The average molecular weight is 1710 g/mol. The third-order valence-electron chi connectivity index (χ3n) is 23.3. The Hall–Kier alpha value is -10.2. The van der Waals surface area contributed by atoms with Gasteiger partial charge < -0.3 is 85.0 Å². The first kappa shape index (κ1) is 91.1. The molecule has 2 aliphatic heterocycles. The van der Waals surface area contributed by atoms with Gasteiger partial charge in [-0.25, -0.2) is 4.79 Å². The van der Waals surface area contributed by atoms with Gasteiger partial charge in [-0.15, -0.1) is 6.58 Å². The zero-order chi connectivity index (χ0) is 86.6. The van der Waals surface area contributed by atoms with Crippen LogP contribution >= 0.6 is 0 Å². The quantitative estimate of drug-likeness (QED) is 0.0200. The van der Waals surface area contributed by atoms with Gasteiger partial charge in [-0.05, 0) is 104 Å². The van der Waals surface area contributed by atoms with E-state index in [1.165, 1.54) is 0 Å². The summed E-state index contributed by atoms with van der Waals surface area (Å²) in [5, 5.41) is -0.253. The van der Waals surface area contributed by atoms with E-state index in [-0.39, 0.29) is 89.9 Å². The highest BCUT2D eigenvalue weighted by atomic mass is 28.4. The van der Waals surface area contributed by atoms with Gasteiger partial charge in [0.2, 0.25) is 0 Å². The van der Waals surface area contributed by atoms with Crippen LogP contribution in [0.4, 0.5) is 0 Å². The van der Waals surface area contributed by atoms with Gasteiger partial charge in [0.05, 0.1) is 99.1 Å². The maximum atomic E-state index is 15.6. The molecule has 0 radical (unpaired) electrons. The molecule has 11 aromatic carbocycles. The maximum absolute atomic E-state index is 15.6. The molecule has 20 heteroatoms. The normalized spacial score (nSPS) is 23.3. The number of rotatable bonds is 43. The second kappa shape index (κ2) is 45.8. The Kier molecular flexibility index (Phi) is 33.4. The Morgan fingerprint density at radius 3 is 1.02 bits per heavy atom. The Morgan fingerprint density at radius 1 is 0.336 bits per heavy atom. The predicted octanol–water partition coefficient (Wildman–Crippen LogP) is 19.6. The van der Waals surface area contributed by atoms with Gasteiger partial charge in [0.25, 0.3) is 0 Å². The molecule has 16 atom stereocenters. The number of hydrogen-bond donors (Lipinski definition) is 0. The molecule has 654 valence electrons. The number of esters is 1. The van der Waals surface area contributed by atoms with E-state index in [4.69, 9.17) is 85.0 Å². The monoisotopic (exact) mass is 1710 g/mol. The summed E-state index contributed by atoms with van der Waals surface area (Å²) in [7, 11) is 0.591. The summed E-state index contributed by atoms with van der Waals surface area (Å²) in [5.41, 5.74) is 9.96. The Labute approximate surface area is 736 Å². The standard InChI is InChI=1S/C105H116O19Si/c1-9-61-110-97-98(123-103-100(118-70-81-51-33-17-34-52-81)92(113-66-77-43-25-13-26-44-77)90(111-64-75-39-21-11-22-40-75)88(120-103)72-109-63-74-37-19-10-20-38-74)95(116-69-80-49-31-16-32-50-80)94(115-68-79-47-29-15-30-48-79)96(117-71-82-55-57-83(58-56-82)85-59-60-86(107-5)87(62-85)108-6)99(97)124-104-101(122-102(106)84-53-35-18-36-54-84)93(114-67-78-45-27-14-28-46-78)91(112-65-76-41-23-12-24-42-76)89(121-104)73-119-125(7,8)105(2,3)4/h9-60,62,88-101,103-104H,1,61,63-73H2,2-8H3/t88-,89-,90-,91-,92+,93+,94+,95+,96-,97+,98-,99-,100+,101+,103-,104-/m1/s1. The number of ether oxygens (including phenoxy) is 17. The lowest BCUT2D eigenvalue weighted by atomic mass is 9.83. The highest BCUT2D eigenvalue weighted by molar-refractivity contribution is 6.74. The Balaban J connectivity index is 0.968. The summed E-state index contributed by atoms with van der Waals surface area (Å²) in [6.07, 6.45) is -17.3. The minimum atomic E-state index is -2.65. The summed E-state index contributed by atoms with van der Waals surface area (Å²) in [6.45, 7) is 16.1. The van der Waals surface area contributed by atoms with E-state index >= 15 is 4.79 Å². The SMILES string of the molecule is C=CCO[C@@H]1[C@H](O[C@H]2O[C@H](CO[Si](C)(C)C(C)(C)C)[C@@H](OCc3ccccc3)[C@H](OCc3ccccc3)[C@@H]2OC(=O)c2ccccc2)[C@H](OCc2ccc(-c3ccc(OC)c(OC)c3)cc2)[C@@H](OCc2ccccc2)[C@H](OCc2ccccc2)[C@H]1O[C@H]1O[C@H](COCc2ccccc2)[C@@H](OCc2ccccc2)[C@H](OCc2ccccc2)[C@@H]1OCc1ccccc1. The van der Waals surface area contributed by atoms with Crippen molar-refractivity contribution in [1.82, 2.24) is 0 Å². The molecular weight excluding hydrogens is 1590 g/mol.